The molecule has 11 heteroatoms. The molecule has 5 N–H and O–H groups in total. The van der Waals surface area contributed by atoms with Crippen LogP contribution in [-0.2, 0) is 11.2 Å². The average Bonchev–Trinajstić information content (AvgIpc) is 3.63. The molecule has 4 heterocycles. The summed E-state index contributed by atoms with van der Waals surface area (Å²) < 4.78 is 3.71. The topological polar surface area (TPSA) is 145 Å². The van der Waals surface area contributed by atoms with E-state index in [9.17, 15) is 14.7 Å². The van der Waals surface area contributed by atoms with E-state index < -0.39 is 11.9 Å². The number of aryl methyl sites for hydroxylation is 1. The van der Waals surface area contributed by atoms with Crippen LogP contribution in [0.15, 0.2) is 24.8 Å². The van der Waals surface area contributed by atoms with Crippen LogP contribution in [-0.4, -0.2) is 60.3 Å². The zero-order valence-electron chi connectivity index (χ0n) is 20.4. The van der Waals surface area contributed by atoms with Gasteiger partial charge in [-0.25, -0.2) is 9.67 Å². The molecule has 2 aliphatic heterocycles. The number of benzene rings is 1. The SMILES string of the molecule is C=CC(=O)N1C[C@@H](n2nc(C#Cc3cc4nc5n(c4cc3Cl)[C@H](CC)CC5)c(C(N)=O)c2N)C[C@@H]1CO. The third-order valence-electron chi connectivity index (χ3n) is 7.31. The number of hydrogen-bond acceptors (Lipinski definition) is 6. The molecule has 10 nitrogen and oxygen atoms in total. The number of nitrogen functional groups attached to an aromatic ring is 1. The molecule has 2 aromatic heterocycles. The summed E-state index contributed by atoms with van der Waals surface area (Å²) in [7, 11) is 0. The number of likely N-dealkylation sites (tertiary alicyclic amines) is 1. The predicted molar refractivity (Wildman–Crippen MR) is 140 cm³/mol. The lowest BCUT2D eigenvalue weighted by molar-refractivity contribution is -0.127. The van der Waals surface area contributed by atoms with Crippen molar-refractivity contribution in [2.45, 2.75) is 50.7 Å². The molecule has 1 saturated heterocycles. The standard InChI is InChI=1S/C26H28ClN7O3/c1-3-15-6-8-22-30-20-9-14(18(27)11-21(20)33(15)22)5-7-19-24(26(29)37)25(28)34(31-19)16-10-17(13-35)32(12-16)23(36)4-2/h4,9,11,15-17,35H,2-3,6,8,10,12-13,28H2,1H3,(H2,29,37)/t15-,16+,17-/m1/s1. The second-order valence-corrected chi connectivity index (χ2v) is 9.82. The van der Waals surface area contributed by atoms with Gasteiger partial charge in [-0.3, -0.25) is 9.59 Å². The molecular weight excluding hydrogens is 494 g/mol. The van der Waals surface area contributed by atoms with Gasteiger partial charge in [0.15, 0.2) is 5.69 Å². The quantitative estimate of drug-likeness (QED) is 0.346. The number of halogens is 1. The highest BCUT2D eigenvalue weighted by Crippen LogP contribution is 2.35. The van der Waals surface area contributed by atoms with Gasteiger partial charge in [-0.15, -0.1) is 0 Å². The van der Waals surface area contributed by atoms with Gasteiger partial charge in [0.2, 0.25) is 5.91 Å². The number of hydrogen-bond donors (Lipinski definition) is 3. The van der Waals surface area contributed by atoms with Crippen molar-refractivity contribution >= 4 is 40.3 Å². The summed E-state index contributed by atoms with van der Waals surface area (Å²) in [6.45, 7) is 5.71. The maximum absolute atomic E-state index is 12.3. The highest BCUT2D eigenvalue weighted by atomic mass is 35.5. The van der Waals surface area contributed by atoms with Crippen LogP contribution in [0.3, 0.4) is 0 Å². The van der Waals surface area contributed by atoms with Crippen molar-refractivity contribution in [1.82, 2.24) is 24.2 Å². The highest BCUT2D eigenvalue weighted by molar-refractivity contribution is 6.32. The normalized spacial score (nSPS) is 20.6. The molecule has 3 atom stereocenters. The number of imidazole rings is 1. The third-order valence-corrected chi connectivity index (χ3v) is 7.62. The number of aliphatic hydroxyl groups excluding tert-OH is 1. The number of nitrogens with zero attached hydrogens (tertiary/aromatic N) is 5. The van der Waals surface area contributed by atoms with Gasteiger partial charge in [0.1, 0.15) is 17.2 Å². The van der Waals surface area contributed by atoms with E-state index in [1.54, 1.807) is 0 Å². The Kier molecular flexibility index (Phi) is 6.43. The number of amides is 2. The Bertz CT molecular complexity index is 1500. The van der Waals surface area contributed by atoms with E-state index in [0.717, 1.165) is 36.1 Å². The van der Waals surface area contributed by atoms with E-state index in [4.69, 9.17) is 28.1 Å². The van der Waals surface area contributed by atoms with E-state index in [0.29, 0.717) is 23.0 Å². The number of primary amides is 1. The van der Waals surface area contributed by atoms with Crippen LogP contribution >= 0.6 is 11.6 Å². The summed E-state index contributed by atoms with van der Waals surface area (Å²) in [4.78, 5) is 30.8. The fourth-order valence-corrected chi connectivity index (χ4v) is 5.67. The largest absolute Gasteiger partial charge is 0.394 e. The van der Waals surface area contributed by atoms with Crippen LogP contribution in [0.2, 0.25) is 5.02 Å². The lowest BCUT2D eigenvalue weighted by Gasteiger charge is -2.20. The van der Waals surface area contributed by atoms with E-state index in [2.05, 4.69) is 35.0 Å². The molecule has 0 unspecified atom stereocenters. The van der Waals surface area contributed by atoms with Crippen molar-refractivity contribution < 1.29 is 14.7 Å². The summed E-state index contributed by atoms with van der Waals surface area (Å²) in [6.07, 6.45) is 4.63. The van der Waals surface area contributed by atoms with Crippen LogP contribution in [0.25, 0.3) is 11.0 Å². The Morgan fingerprint density at radius 1 is 1.32 bits per heavy atom. The van der Waals surface area contributed by atoms with E-state index in [1.807, 2.05) is 12.1 Å². The fraction of sp³-hybridized carbons (Fsp3) is 0.385. The molecule has 0 spiro atoms. The van der Waals surface area contributed by atoms with Crippen molar-refractivity contribution in [3.8, 4) is 11.8 Å². The smallest absolute Gasteiger partial charge is 0.255 e. The first kappa shape index (κ1) is 24.9. The second-order valence-electron chi connectivity index (χ2n) is 9.41. The predicted octanol–water partition coefficient (Wildman–Crippen LogP) is 2.18. The first-order chi connectivity index (χ1) is 17.8. The van der Waals surface area contributed by atoms with Gasteiger partial charge in [-0.2, -0.15) is 5.10 Å². The van der Waals surface area contributed by atoms with E-state index >= 15 is 0 Å². The molecule has 5 rings (SSSR count). The number of anilines is 1. The Balaban J connectivity index is 1.51. The van der Waals surface area contributed by atoms with Gasteiger partial charge in [-0.05, 0) is 43.4 Å². The number of aromatic nitrogens is 4. The lowest BCUT2D eigenvalue weighted by atomic mass is 10.1. The van der Waals surface area contributed by atoms with Gasteiger partial charge in [0.05, 0.1) is 34.7 Å². The van der Waals surface area contributed by atoms with Crippen molar-refractivity contribution in [3.63, 3.8) is 0 Å². The molecule has 0 aliphatic carbocycles. The molecule has 3 aromatic rings. The van der Waals surface area contributed by atoms with Gasteiger partial charge in [-0.1, -0.05) is 31.0 Å². The Morgan fingerprint density at radius 2 is 2.11 bits per heavy atom. The second kappa shape index (κ2) is 9.57. The van der Waals surface area contributed by atoms with Crippen LogP contribution < -0.4 is 11.5 Å². The zero-order chi connectivity index (χ0) is 26.4. The van der Waals surface area contributed by atoms with Crippen LogP contribution in [0.4, 0.5) is 5.82 Å². The van der Waals surface area contributed by atoms with E-state index in [-0.39, 0.29) is 42.2 Å². The van der Waals surface area contributed by atoms with Gasteiger partial charge >= 0.3 is 0 Å². The number of carbonyl (C=O) groups is 2. The molecule has 192 valence electrons. The molecular formula is C26H28ClN7O3. The third kappa shape index (κ3) is 4.14. The summed E-state index contributed by atoms with van der Waals surface area (Å²) >= 11 is 6.60. The summed E-state index contributed by atoms with van der Waals surface area (Å²) in [5.41, 5.74) is 14.4. The number of rotatable bonds is 5. The first-order valence-corrected chi connectivity index (χ1v) is 12.6. The van der Waals surface area contributed by atoms with Crippen LogP contribution in [0.1, 0.15) is 65.7 Å². The van der Waals surface area contributed by atoms with Crippen LogP contribution in [0.5, 0.6) is 0 Å². The molecule has 2 aliphatic rings. The van der Waals surface area contributed by atoms with Crippen molar-refractivity contribution in [1.29, 1.82) is 0 Å². The number of aliphatic hydroxyl groups is 1. The molecule has 0 saturated carbocycles. The zero-order valence-corrected chi connectivity index (χ0v) is 21.2. The molecule has 1 aromatic carbocycles. The highest BCUT2D eigenvalue weighted by Gasteiger charge is 2.37. The fourth-order valence-electron chi connectivity index (χ4n) is 5.47. The minimum absolute atomic E-state index is 0.00509. The molecule has 1 fully saturated rings. The Hall–Kier alpha value is -3.81. The van der Waals surface area contributed by atoms with Crippen molar-refractivity contribution in [2.75, 3.05) is 18.9 Å². The minimum atomic E-state index is -0.763. The van der Waals surface area contributed by atoms with Gasteiger partial charge < -0.3 is 26.0 Å². The summed E-state index contributed by atoms with van der Waals surface area (Å²) in [5, 5.41) is 14.7. The molecule has 0 radical (unpaired) electrons. The first-order valence-electron chi connectivity index (χ1n) is 12.2. The summed E-state index contributed by atoms with van der Waals surface area (Å²) in [5.74, 6) is 5.96. The van der Waals surface area contributed by atoms with Crippen LogP contribution in [0, 0.1) is 11.8 Å². The van der Waals surface area contributed by atoms with Gasteiger partial charge in [0.25, 0.3) is 5.91 Å². The average molecular weight is 522 g/mol. The van der Waals surface area contributed by atoms with Gasteiger partial charge in [0, 0.05) is 24.6 Å². The monoisotopic (exact) mass is 521 g/mol. The number of carbonyl (C=O) groups excluding carboxylic acids is 2. The maximum atomic E-state index is 12.3. The Labute approximate surface area is 218 Å². The molecule has 0 bridgehead atoms. The van der Waals surface area contributed by atoms with Crippen molar-refractivity contribution in [2.24, 2.45) is 5.73 Å². The maximum Gasteiger partial charge on any atom is 0.255 e. The number of fused-ring (bicyclic) bond motifs is 3. The molecule has 2 amide bonds. The lowest BCUT2D eigenvalue weighted by Crippen LogP contribution is -2.36. The molecule has 37 heavy (non-hydrogen) atoms. The van der Waals surface area contributed by atoms with E-state index in [1.165, 1.54) is 15.7 Å². The Morgan fingerprint density at radius 3 is 2.78 bits per heavy atom. The summed E-state index contributed by atoms with van der Waals surface area (Å²) in [6, 6.07) is 3.35. The minimum Gasteiger partial charge on any atom is -0.394 e. The van der Waals surface area contributed by atoms with Crippen molar-refractivity contribution in [3.05, 3.63) is 52.5 Å². The number of nitrogens with two attached hydrogens (primary N) is 2.